The van der Waals surface area contributed by atoms with Crippen molar-refractivity contribution in [3.05, 3.63) is 42.7 Å². The van der Waals surface area contributed by atoms with Gasteiger partial charge in [0, 0.05) is 24.7 Å². The third-order valence-electron chi connectivity index (χ3n) is 6.21. The van der Waals surface area contributed by atoms with Gasteiger partial charge in [0.2, 0.25) is 11.9 Å². The standard InChI is InChI=1S/C22H25N5O/c1-3-17-21(28)25(2)19-14-23-22(24-20(19)27(17)16-9-5-6-10-16)26-13-12-15-8-4-7-11-18(15)26/h4,7-8,11-14,16-17H,3,5-6,9-10H2,1-2H3/t17-/m1/s1. The van der Waals surface area contributed by atoms with Crippen LogP contribution in [0.5, 0.6) is 0 Å². The number of carbonyl (C=O) groups excluding carboxylic acids is 1. The van der Waals surface area contributed by atoms with Crippen LogP contribution in [0.4, 0.5) is 11.5 Å². The monoisotopic (exact) mass is 375 g/mol. The SMILES string of the molecule is CC[C@@H]1C(=O)N(C)c2cnc(-n3ccc4ccccc43)nc2N1C1CCCC1. The summed E-state index contributed by atoms with van der Waals surface area (Å²) in [5.41, 5.74) is 1.89. The van der Waals surface area contributed by atoms with Crippen LogP contribution in [0.15, 0.2) is 42.7 Å². The fourth-order valence-corrected chi connectivity index (χ4v) is 4.75. The van der Waals surface area contributed by atoms with E-state index in [9.17, 15) is 4.79 Å². The number of amides is 1. The second-order valence-corrected chi connectivity index (χ2v) is 7.79. The Morgan fingerprint density at radius 1 is 1.14 bits per heavy atom. The van der Waals surface area contributed by atoms with Gasteiger partial charge in [-0.25, -0.2) is 4.98 Å². The van der Waals surface area contributed by atoms with Gasteiger partial charge in [-0.05, 0) is 31.4 Å². The molecule has 1 atom stereocenters. The molecule has 1 aromatic carbocycles. The molecule has 6 nitrogen and oxygen atoms in total. The normalized spacial score (nSPS) is 20.2. The van der Waals surface area contributed by atoms with Crippen molar-refractivity contribution >= 4 is 28.3 Å². The molecule has 1 aliphatic carbocycles. The van der Waals surface area contributed by atoms with Crippen molar-refractivity contribution in [1.82, 2.24) is 14.5 Å². The minimum absolute atomic E-state index is 0.143. The second kappa shape index (κ2) is 6.62. The number of likely N-dealkylation sites (N-methyl/N-ethyl adjacent to an activating group) is 1. The summed E-state index contributed by atoms with van der Waals surface area (Å²) in [6.07, 6.45) is 9.29. The Morgan fingerprint density at radius 3 is 2.71 bits per heavy atom. The van der Waals surface area contributed by atoms with E-state index < -0.39 is 0 Å². The van der Waals surface area contributed by atoms with E-state index in [-0.39, 0.29) is 11.9 Å². The average Bonchev–Trinajstić information content (AvgIpc) is 3.40. The van der Waals surface area contributed by atoms with Crippen molar-refractivity contribution in [2.75, 3.05) is 16.8 Å². The summed E-state index contributed by atoms with van der Waals surface area (Å²) >= 11 is 0. The van der Waals surface area contributed by atoms with Crippen molar-refractivity contribution in [1.29, 1.82) is 0 Å². The minimum atomic E-state index is -0.148. The van der Waals surface area contributed by atoms with Gasteiger partial charge < -0.3 is 9.80 Å². The number of rotatable bonds is 3. The number of hydrogen-bond donors (Lipinski definition) is 0. The van der Waals surface area contributed by atoms with Crippen LogP contribution < -0.4 is 9.80 Å². The van der Waals surface area contributed by atoms with E-state index in [1.807, 2.05) is 29.9 Å². The van der Waals surface area contributed by atoms with Crippen LogP contribution in [0.25, 0.3) is 16.9 Å². The Balaban J connectivity index is 1.67. The molecule has 1 saturated carbocycles. The molecule has 3 aromatic rings. The highest BCUT2D eigenvalue weighted by Gasteiger charge is 2.41. The first-order valence-electron chi connectivity index (χ1n) is 10.2. The van der Waals surface area contributed by atoms with Gasteiger partial charge in [-0.1, -0.05) is 38.0 Å². The molecule has 144 valence electrons. The molecule has 0 unspecified atom stereocenters. The third kappa shape index (κ3) is 2.51. The molecular weight excluding hydrogens is 350 g/mol. The number of benzene rings is 1. The van der Waals surface area contributed by atoms with Crippen LogP contribution in [0.1, 0.15) is 39.0 Å². The maximum absolute atomic E-state index is 13.0. The fourth-order valence-electron chi connectivity index (χ4n) is 4.75. The Hall–Kier alpha value is -2.89. The van der Waals surface area contributed by atoms with E-state index >= 15 is 0 Å². The number of para-hydroxylation sites is 1. The van der Waals surface area contributed by atoms with Crippen molar-refractivity contribution in [2.24, 2.45) is 0 Å². The first-order chi connectivity index (χ1) is 13.7. The van der Waals surface area contributed by atoms with Gasteiger partial charge in [0.25, 0.3) is 0 Å². The molecule has 1 amide bonds. The molecule has 3 heterocycles. The van der Waals surface area contributed by atoms with Crippen molar-refractivity contribution in [3.8, 4) is 5.95 Å². The van der Waals surface area contributed by atoms with Gasteiger partial charge in [-0.2, -0.15) is 4.98 Å². The lowest BCUT2D eigenvalue weighted by atomic mass is 10.0. The molecule has 28 heavy (non-hydrogen) atoms. The van der Waals surface area contributed by atoms with E-state index in [2.05, 4.69) is 35.0 Å². The zero-order chi connectivity index (χ0) is 19.3. The first kappa shape index (κ1) is 17.2. The number of hydrogen-bond acceptors (Lipinski definition) is 4. The third-order valence-corrected chi connectivity index (χ3v) is 6.21. The van der Waals surface area contributed by atoms with Gasteiger partial charge >= 0.3 is 0 Å². The van der Waals surface area contributed by atoms with Gasteiger partial charge in [-0.15, -0.1) is 0 Å². The Bertz CT molecular complexity index is 1040. The van der Waals surface area contributed by atoms with E-state index in [1.54, 1.807) is 11.1 Å². The minimum Gasteiger partial charge on any atom is -0.340 e. The van der Waals surface area contributed by atoms with Gasteiger partial charge in [-0.3, -0.25) is 9.36 Å². The summed E-state index contributed by atoms with van der Waals surface area (Å²) in [4.78, 5) is 26.6. The lowest BCUT2D eigenvalue weighted by Gasteiger charge is -2.43. The zero-order valence-corrected chi connectivity index (χ0v) is 16.4. The molecule has 2 aliphatic rings. The lowest BCUT2D eigenvalue weighted by Crippen LogP contribution is -2.55. The molecule has 0 N–H and O–H groups in total. The number of carbonyl (C=O) groups is 1. The van der Waals surface area contributed by atoms with Crippen LogP contribution in [-0.4, -0.2) is 39.6 Å². The van der Waals surface area contributed by atoms with E-state index in [1.165, 1.54) is 12.8 Å². The van der Waals surface area contributed by atoms with Crippen LogP contribution in [-0.2, 0) is 4.79 Å². The first-order valence-corrected chi connectivity index (χ1v) is 10.2. The molecule has 0 saturated heterocycles. The molecule has 6 heteroatoms. The maximum atomic E-state index is 13.0. The topological polar surface area (TPSA) is 54.3 Å². The van der Waals surface area contributed by atoms with Crippen LogP contribution in [0.3, 0.4) is 0 Å². The second-order valence-electron chi connectivity index (χ2n) is 7.79. The van der Waals surface area contributed by atoms with Gasteiger partial charge in [0.1, 0.15) is 11.7 Å². The van der Waals surface area contributed by atoms with Crippen LogP contribution in [0.2, 0.25) is 0 Å². The van der Waals surface area contributed by atoms with E-state index in [0.717, 1.165) is 41.7 Å². The highest BCUT2D eigenvalue weighted by Crippen LogP contribution is 2.39. The quantitative estimate of drug-likeness (QED) is 0.696. The predicted molar refractivity (Wildman–Crippen MR) is 111 cm³/mol. The van der Waals surface area contributed by atoms with Crippen molar-refractivity contribution in [3.63, 3.8) is 0 Å². The highest BCUT2D eigenvalue weighted by molar-refractivity contribution is 6.04. The molecule has 2 aromatic heterocycles. The Morgan fingerprint density at radius 2 is 1.93 bits per heavy atom. The molecule has 1 fully saturated rings. The Labute approximate surface area is 164 Å². The molecule has 0 bridgehead atoms. The number of anilines is 2. The maximum Gasteiger partial charge on any atom is 0.249 e. The van der Waals surface area contributed by atoms with Gasteiger partial charge in [0.05, 0.1) is 11.7 Å². The summed E-state index contributed by atoms with van der Waals surface area (Å²) in [6.45, 7) is 2.09. The largest absolute Gasteiger partial charge is 0.340 e. The molecule has 1 aliphatic heterocycles. The fraction of sp³-hybridized carbons (Fsp3) is 0.409. The highest BCUT2D eigenvalue weighted by atomic mass is 16.2. The number of fused-ring (bicyclic) bond motifs is 2. The summed E-state index contributed by atoms with van der Waals surface area (Å²) in [6, 6.07) is 10.6. The van der Waals surface area contributed by atoms with E-state index in [0.29, 0.717) is 12.0 Å². The average molecular weight is 375 g/mol. The van der Waals surface area contributed by atoms with Crippen molar-refractivity contribution in [2.45, 2.75) is 51.1 Å². The summed E-state index contributed by atoms with van der Waals surface area (Å²) in [7, 11) is 1.84. The van der Waals surface area contributed by atoms with Gasteiger partial charge in [0.15, 0.2) is 5.82 Å². The lowest BCUT2D eigenvalue weighted by molar-refractivity contribution is -0.120. The number of nitrogens with zero attached hydrogens (tertiary/aromatic N) is 5. The zero-order valence-electron chi connectivity index (χ0n) is 16.4. The van der Waals surface area contributed by atoms with E-state index in [4.69, 9.17) is 4.98 Å². The summed E-state index contributed by atoms with van der Waals surface area (Å²) in [5, 5.41) is 1.16. The number of aromatic nitrogens is 3. The van der Waals surface area contributed by atoms with Crippen molar-refractivity contribution < 1.29 is 4.79 Å². The molecule has 5 rings (SSSR count). The Kier molecular flexibility index (Phi) is 4.07. The molecular formula is C22H25N5O. The molecule has 0 spiro atoms. The predicted octanol–water partition coefficient (Wildman–Crippen LogP) is 3.92. The molecule has 0 radical (unpaired) electrons. The van der Waals surface area contributed by atoms with Crippen LogP contribution in [0, 0.1) is 0 Å². The summed E-state index contributed by atoms with van der Waals surface area (Å²) in [5.74, 6) is 1.69. The smallest absolute Gasteiger partial charge is 0.249 e. The van der Waals surface area contributed by atoms with Crippen LogP contribution >= 0.6 is 0 Å². The summed E-state index contributed by atoms with van der Waals surface area (Å²) < 4.78 is 2.03.